The predicted molar refractivity (Wildman–Crippen MR) is 75.3 cm³/mol. The second-order valence-electron chi connectivity index (χ2n) is 3.65. The van der Waals surface area contributed by atoms with Gasteiger partial charge >= 0.3 is 6.03 Å². The van der Waals surface area contributed by atoms with E-state index in [9.17, 15) is 4.79 Å². The summed E-state index contributed by atoms with van der Waals surface area (Å²) >= 11 is 0. The zero-order valence-corrected chi connectivity index (χ0v) is 11.6. The lowest BCUT2D eigenvalue weighted by Gasteiger charge is -2.03. The molecule has 1 aromatic carbocycles. The Morgan fingerprint density at radius 1 is 1.28 bits per heavy atom. The molecule has 0 bridgehead atoms. The molecule has 0 aliphatic rings. The van der Waals surface area contributed by atoms with E-state index in [1.165, 1.54) is 20.7 Å². The Bertz CT molecular complexity index is 588. The van der Waals surface area contributed by atoms with Gasteiger partial charge in [-0.3, -0.25) is 0 Å². The highest BCUT2D eigenvalue weighted by Crippen LogP contribution is 2.15. The summed E-state index contributed by atoms with van der Waals surface area (Å²) in [4.78, 5) is 22.1. The maximum absolute atomic E-state index is 11.6. The monoisotopic (exact) mass is 280 g/mol. The van der Waals surface area contributed by atoms with E-state index < -0.39 is 6.03 Å². The van der Waals surface area contributed by atoms with Crippen molar-refractivity contribution in [3.63, 3.8) is 0 Å². The second kappa shape index (κ2) is 5.74. The number of carbonyl (C=O) groups is 1. The van der Waals surface area contributed by atoms with Crippen LogP contribution in [0.5, 0.6) is 0 Å². The Balaban J connectivity index is 2.10. The lowest BCUT2D eigenvalue weighted by molar-refractivity contribution is 0.259. The number of anilines is 2. The predicted octanol–water partition coefficient (Wildman–Crippen LogP) is 2.40. The fourth-order valence-corrected chi connectivity index (χ4v) is 3.12. The van der Waals surface area contributed by atoms with E-state index in [0.29, 0.717) is 4.80 Å². The number of hydrogen-bond donors (Lipinski definition) is 1. The molecule has 0 saturated carbocycles. The van der Waals surface area contributed by atoms with Crippen molar-refractivity contribution < 1.29 is 4.79 Å². The molecule has 7 heteroatoms. The van der Waals surface area contributed by atoms with Gasteiger partial charge in [-0.25, -0.2) is 4.79 Å². The van der Waals surface area contributed by atoms with E-state index >= 15 is 0 Å². The molecule has 0 unspecified atom stereocenters. The van der Waals surface area contributed by atoms with Crippen molar-refractivity contribution in [2.75, 3.05) is 24.3 Å². The van der Waals surface area contributed by atoms with Crippen molar-refractivity contribution in [3.8, 4) is 0 Å². The summed E-state index contributed by atoms with van der Waals surface area (Å²) in [7, 11) is 6.67. The van der Waals surface area contributed by atoms with Crippen LogP contribution in [0.25, 0.3) is 0 Å². The minimum absolute atomic E-state index is 0.409. The molecule has 18 heavy (non-hydrogen) atoms. The maximum atomic E-state index is 11.6. The third kappa shape index (κ3) is 3.38. The number of benzene rings is 1. The fourth-order valence-electron chi connectivity index (χ4n) is 1.17. The van der Waals surface area contributed by atoms with Gasteiger partial charge in [-0.05, 0) is 32.8 Å². The third-order valence-corrected chi connectivity index (χ3v) is 4.15. The third-order valence-electron chi connectivity index (χ3n) is 1.99. The molecular formula is C11H12N4OS2. The number of nitrogens with one attached hydrogen (secondary N) is 1. The van der Waals surface area contributed by atoms with E-state index in [1.807, 2.05) is 49.3 Å². The molecule has 0 atom stereocenters. The van der Waals surface area contributed by atoms with Crippen molar-refractivity contribution in [2.45, 2.75) is 0 Å². The van der Waals surface area contributed by atoms with Crippen molar-refractivity contribution in [2.24, 2.45) is 4.99 Å². The average Bonchev–Trinajstić information content (AvgIpc) is 2.78. The lowest BCUT2D eigenvalue weighted by Crippen LogP contribution is -2.14. The molecule has 1 heterocycles. The van der Waals surface area contributed by atoms with Gasteiger partial charge in [0.25, 0.3) is 0 Å². The first-order valence-electron chi connectivity index (χ1n) is 5.20. The average molecular weight is 280 g/mol. The molecule has 0 aliphatic heterocycles. The van der Waals surface area contributed by atoms with E-state index in [1.54, 1.807) is 0 Å². The quantitative estimate of drug-likeness (QED) is 0.859. The molecule has 0 aliphatic carbocycles. The van der Waals surface area contributed by atoms with Gasteiger partial charge in [-0.1, -0.05) is 18.2 Å². The number of aromatic nitrogens is 1. The number of para-hydroxylation sites is 1. The smallest absolute Gasteiger partial charge is 0.348 e. The second-order valence-corrected chi connectivity index (χ2v) is 5.71. The molecule has 94 valence electrons. The normalized spacial score (nSPS) is 11.3. The zero-order chi connectivity index (χ0) is 13.0. The molecular weight excluding hydrogens is 268 g/mol. The molecule has 0 radical (unpaired) electrons. The first-order valence-corrected chi connectivity index (χ1v) is 7.35. The number of urea groups is 1. The lowest BCUT2D eigenvalue weighted by atomic mass is 10.3. The summed E-state index contributed by atoms with van der Waals surface area (Å²) in [6, 6.07) is 8.80. The van der Waals surface area contributed by atoms with Crippen LogP contribution >= 0.6 is 20.7 Å². The Labute approximate surface area is 112 Å². The molecule has 1 N–H and O–H groups in total. The topological polar surface area (TPSA) is 57.6 Å². The van der Waals surface area contributed by atoms with Crippen LogP contribution in [0, 0.1) is 0 Å². The highest BCUT2D eigenvalue weighted by atomic mass is 32.9. The van der Waals surface area contributed by atoms with E-state index in [-0.39, 0.29) is 0 Å². The molecule has 2 rings (SSSR count). The molecule has 0 spiro atoms. The van der Waals surface area contributed by atoms with Crippen LogP contribution in [0.2, 0.25) is 0 Å². The zero-order valence-electron chi connectivity index (χ0n) is 9.95. The van der Waals surface area contributed by atoms with Crippen molar-refractivity contribution >= 4 is 37.5 Å². The summed E-state index contributed by atoms with van der Waals surface area (Å²) in [6.07, 6.45) is 0. The summed E-state index contributed by atoms with van der Waals surface area (Å²) in [5.74, 6) is 0. The van der Waals surface area contributed by atoms with Crippen molar-refractivity contribution in [1.29, 1.82) is 0 Å². The van der Waals surface area contributed by atoms with Crippen LogP contribution in [0.15, 0.2) is 35.3 Å². The minimum Gasteiger partial charge on any atom is -0.353 e. The van der Waals surface area contributed by atoms with Gasteiger partial charge in [0.1, 0.15) is 0 Å². The first-order chi connectivity index (χ1) is 8.65. The summed E-state index contributed by atoms with van der Waals surface area (Å²) in [6.45, 7) is 0. The van der Waals surface area contributed by atoms with Gasteiger partial charge in [0.05, 0.1) is 0 Å². The molecule has 0 fully saturated rings. The molecule has 2 aromatic rings. The SMILES string of the molecule is CN(C)c1n/c(=N/C(=O)Nc2ccccc2)ss1. The van der Waals surface area contributed by atoms with Gasteiger partial charge in [0, 0.05) is 19.8 Å². The highest BCUT2D eigenvalue weighted by Gasteiger charge is 2.03. The van der Waals surface area contributed by atoms with E-state index in [4.69, 9.17) is 0 Å². The van der Waals surface area contributed by atoms with Crippen LogP contribution in [0.3, 0.4) is 0 Å². The van der Waals surface area contributed by atoms with Crippen molar-refractivity contribution in [1.82, 2.24) is 4.98 Å². The van der Waals surface area contributed by atoms with Crippen molar-refractivity contribution in [3.05, 3.63) is 35.1 Å². The van der Waals surface area contributed by atoms with Crippen LogP contribution in [-0.2, 0) is 0 Å². The maximum Gasteiger partial charge on any atom is 0.348 e. The van der Waals surface area contributed by atoms with Gasteiger partial charge in [0.2, 0.25) is 4.80 Å². The van der Waals surface area contributed by atoms with Crippen LogP contribution in [0.4, 0.5) is 15.6 Å². The van der Waals surface area contributed by atoms with Crippen LogP contribution in [-0.4, -0.2) is 25.1 Å². The van der Waals surface area contributed by atoms with Gasteiger partial charge < -0.3 is 10.2 Å². The van der Waals surface area contributed by atoms with Gasteiger partial charge in [0.15, 0.2) is 5.13 Å². The van der Waals surface area contributed by atoms with E-state index in [0.717, 1.165) is 10.8 Å². The number of rotatable bonds is 2. The van der Waals surface area contributed by atoms with Gasteiger partial charge in [-0.2, -0.15) is 9.98 Å². The highest BCUT2D eigenvalue weighted by molar-refractivity contribution is 7.69. The Hall–Kier alpha value is -1.73. The standard InChI is InChI=1S/C11H12N4OS2/c1-15(2)11-14-10(17-18-11)13-9(16)12-8-6-4-3-5-7-8/h3-7H,1-2H3,(H,12,16)/b13-10-. The number of hydrogen-bond acceptors (Lipinski definition) is 5. The molecule has 1 aromatic heterocycles. The molecule has 2 amide bonds. The van der Waals surface area contributed by atoms with Gasteiger partial charge in [-0.15, -0.1) is 0 Å². The van der Waals surface area contributed by atoms with E-state index in [2.05, 4.69) is 15.3 Å². The largest absolute Gasteiger partial charge is 0.353 e. The minimum atomic E-state index is -0.409. The first kappa shape index (κ1) is 12.7. The molecule has 5 nitrogen and oxygen atoms in total. The Kier molecular flexibility index (Phi) is 4.06. The fraction of sp³-hybridized carbons (Fsp3) is 0.182. The number of amides is 2. The molecule has 0 saturated heterocycles. The van der Waals surface area contributed by atoms with Crippen LogP contribution in [0.1, 0.15) is 0 Å². The van der Waals surface area contributed by atoms with Crippen LogP contribution < -0.4 is 15.0 Å². The Morgan fingerprint density at radius 2 is 2.00 bits per heavy atom. The Morgan fingerprint density at radius 3 is 2.61 bits per heavy atom. The summed E-state index contributed by atoms with van der Waals surface area (Å²) in [5.41, 5.74) is 0.722. The number of carbonyl (C=O) groups excluding carboxylic acids is 1. The summed E-state index contributed by atoms with van der Waals surface area (Å²) < 4.78 is 0. The summed E-state index contributed by atoms with van der Waals surface area (Å²) in [5, 5.41) is 3.52. The number of nitrogens with zero attached hydrogens (tertiary/aromatic N) is 3.